The summed E-state index contributed by atoms with van der Waals surface area (Å²) in [5.41, 5.74) is 2.69. The lowest BCUT2D eigenvalue weighted by atomic mass is 10.1. The minimum atomic E-state index is 1.21. The summed E-state index contributed by atoms with van der Waals surface area (Å²) in [7, 11) is 0. The first-order valence-corrected chi connectivity index (χ1v) is 6.62. The minimum absolute atomic E-state index is 1.21. The Balaban J connectivity index is 1.92. The molecule has 0 saturated heterocycles. The van der Waals surface area contributed by atoms with Crippen LogP contribution in [0.2, 0.25) is 0 Å². The van der Waals surface area contributed by atoms with Crippen LogP contribution in [0.3, 0.4) is 0 Å². The van der Waals surface area contributed by atoms with Crippen LogP contribution < -0.4 is 0 Å². The zero-order valence-electron chi connectivity index (χ0n) is 10.6. The molecule has 2 rings (SSSR count). The van der Waals surface area contributed by atoms with E-state index in [1.165, 1.54) is 43.4 Å². The second-order valence-electron chi connectivity index (χ2n) is 4.57. The van der Waals surface area contributed by atoms with Crippen LogP contribution in [0.4, 0.5) is 0 Å². The van der Waals surface area contributed by atoms with Crippen molar-refractivity contribution < 1.29 is 0 Å². The van der Waals surface area contributed by atoms with Crippen LogP contribution in [0.1, 0.15) is 38.2 Å². The Morgan fingerprint density at radius 3 is 2.53 bits per heavy atom. The number of unbranched alkanes of at least 4 members (excludes halogenated alkanes) is 3. The first kappa shape index (κ1) is 12.0. The Morgan fingerprint density at radius 2 is 1.76 bits per heavy atom. The molecule has 0 unspecified atom stereocenters. The van der Waals surface area contributed by atoms with Crippen LogP contribution in [0.15, 0.2) is 48.8 Å². The quantitative estimate of drug-likeness (QED) is 0.636. The topological polar surface area (TPSA) is 4.93 Å². The molecular formula is C16H21N. The third kappa shape index (κ3) is 3.48. The van der Waals surface area contributed by atoms with Gasteiger partial charge in [0.05, 0.1) is 0 Å². The van der Waals surface area contributed by atoms with Crippen molar-refractivity contribution in [3.63, 3.8) is 0 Å². The number of hydrogen-bond donors (Lipinski definition) is 0. The SMILES string of the molecule is CCCCCCc1ccn(-c2ccccc2)c1. The van der Waals surface area contributed by atoms with Crippen molar-refractivity contribution in [2.45, 2.75) is 39.0 Å². The second-order valence-corrected chi connectivity index (χ2v) is 4.57. The molecule has 0 bridgehead atoms. The van der Waals surface area contributed by atoms with Crippen LogP contribution in [0.25, 0.3) is 5.69 Å². The molecule has 0 spiro atoms. The van der Waals surface area contributed by atoms with Crippen molar-refractivity contribution in [3.05, 3.63) is 54.4 Å². The zero-order chi connectivity index (χ0) is 11.9. The smallest absolute Gasteiger partial charge is 0.0449 e. The molecule has 17 heavy (non-hydrogen) atoms. The van der Waals surface area contributed by atoms with Gasteiger partial charge >= 0.3 is 0 Å². The zero-order valence-corrected chi connectivity index (χ0v) is 10.6. The van der Waals surface area contributed by atoms with E-state index in [9.17, 15) is 0 Å². The molecule has 0 aliphatic rings. The molecule has 1 aromatic heterocycles. The van der Waals surface area contributed by atoms with E-state index in [-0.39, 0.29) is 0 Å². The number of hydrogen-bond acceptors (Lipinski definition) is 0. The molecule has 0 aliphatic carbocycles. The first-order valence-electron chi connectivity index (χ1n) is 6.62. The van der Waals surface area contributed by atoms with Gasteiger partial charge in [0.2, 0.25) is 0 Å². The highest BCUT2D eigenvalue weighted by molar-refractivity contribution is 5.33. The van der Waals surface area contributed by atoms with Crippen molar-refractivity contribution in [2.75, 3.05) is 0 Å². The molecule has 0 amide bonds. The Kier molecular flexibility index (Phi) is 4.43. The largest absolute Gasteiger partial charge is 0.324 e. The molecule has 90 valence electrons. The third-order valence-electron chi connectivity index (χ3n) is 3.13. The van der Waals surface area contributed by atoms with Gasteiger partial charge in [-0.1, -0.05) is 44.4 Å². The Hall–Kier alpha value is -1.50. The first-order chi connectivity index (χ1) is 8.40. The predicted octanol–water partition coefficient (Wildman–Crippen LogP) is 4.60. The molecule has 0 fully saturated rings. The van der Waals surface area contributed by atoms with E-state index < -0.39 is 0 Å². The fourth-order valence-corrected chi connectivity index (χ4v) is 2.11. The fraction of sp³-hybridized carbons (Fsp3) is 0.375. The number of aryl methyl sites for hydroxylation is 1. The summed E-state index contributed by atoms with van der Waals surface area (Å²) in [5, 5.41) is 0. The third-order valence-corrected chi connectivity index (χ3v) is 3.13. The van der Waals surface area contributed by atoms with E-state index in [0.29, 0.717) is 0 Å². The van der Waals surface area contributed by atoms with E-state index in [4.69, 9.17) is 0 Å². The van der Waals surface area contributed by atoms with Gasteiger partial charge in [0, 0.05) is 18.1 Å². The van der Waals surface area contributed by atoms with Gasteiger partial charge in [-0.25, -0.2) is 0 Å². The highest BCUT2D eigenvalue weighted by atomic mass is 14.9. The van der Waals surface area contributed by atoms with Gasteiger partial charge < -0.3 is 4.57 Å². The normalized spacial score (nSPS) is 10.6. The van der Waals surface area contributed by atoms with Crippen LogP contribution in [0, 0.1) is 0 Å². The Labute approximate surface area is 104 Å². The average molecular weight is 227 g/mol. The molecule has 0 aliphatic heterocycles. The summed E-state index contributed by atoms with van der Waals surface area (Å²) in [5.74, 6) is 0. The molecular weight excluding hydrogens is 206 g/mol. The molecule has 0 radical (unpaired) electrons. The van der Waals surface area contributed by atoms with E-state index in [0.717, 1.165) is 0 Å². The van der Waals surface area contributed by atoms with Crippen molar-refractivity contribution >= 4 is 0 Å². The summed E-state index contributed by atoms with van der Waals surface area (Å²) in [6.07, 6.45) is 11.0. The molecule has 0 N–H and O–H groups in total. The summed E-state index contributed by atoms with van der Waals surface area (Å²) >= 11 is 0. The number of nitrogens with zero attached hydrogens (tertiary/aromatic N) is 1. The lowest BCUT2D eigenvalue weighted by molar-refractivity contribution is 0.667. The van der Waals surface area contributed by atoms with Crippen molar-refractivity contribution in [2.24, 2.45) is 0 Å². The van der Waals surface area contributed by atoms with Gasteiger partial charge in [-0.2, -0.15) is 0 Å². The number of rotatable bonds is 6. The molecule has 0 atom stereocenters. The van der Waals surface area contributed by atoms with Crippen molar-refractivity contribution in [1.82, 2.24) is 4.57 Å². The van der Waals surface area contributed by atoms with E-state index >= 15 is 0 Å². The number of aromatic nitrogens is 1. The Morgan fingerprint density at radius 1 is 0.941 bits per heavy atom. The van der Waals surface area contributed by atoms with Gasteiger partial charge in [-0.3, -0.25) is 0 Å². The maximum Gasteiger partial charge on any atom is 0.0449 e. The predicted molar refractivity (Wildman–Crippen MR) is 73.6 cm³/mol. The van der Waals surface area contributed by atoms with E-state index in [1.54, 1.807) is 0 Å². The second kappa shape index (κ2) is 6.29. The summed E-state index contributed by atoms with van der Waals surface area (Å²) < 4.78 is 2.20. The minimum Gasteiger partial charge on any atom is -0.324 e. The van der Waals surface area contributed by atoms with Crippen LogP contribution in [0.5, 0.6) is 0 Å². The van der Waals surface area contributed by atoms with E-state index in [2.05, 4.69) is 60.3 Å². The van der Waals surface area contributed by atoms with Gasteiger partial charge in [0.25, 0.3) is 0 Å². The van der Waals surface area contributed by atoms with Gasteiger partial charge in [-0.15, -0.1) is 0 Å². The highest BCUT2D eigenvalue weighted by Gasteiger charge is 1.98. The van der Waals surface area contributed by atoms with Crippen LogP contribution in [-0.2, 0) is 6.42 Å². The van der Waals surface area contributed by atoms with Crippen molar-refractivity contribution in [3.8, 4) is 5.69 Å². The molecule has 1 heterocycles. The monoisotopic (exact) mass is 227 g/mol. The van der Waals surface area contributed by atoms with Crippen LogP contribution in [-0.4, -0.2) is 4.57 Å². The average Bonchev–Trinajstić information content (AvgIpc) is 2.85. The maximum absolute atomic E-state index is 2.26. The van der Waals surface area contributed by atoms with Crippen LogP contribution >= 0.6 is 0 Å². The standard InChI is InChI=1S/C16H21N/c1-2-3-4-6-9-15-12-13-17(14-15)16-10-7-5-8-11-16/h5,7-8,10-14H,2-4,6,9H2,1H3. The molecule has 0 saturated carbocycles. The summed E-state index contributed by atoms with van der Waals surface area (Å²) in [6, 6.07) is 12.7. The molecule has 1 aromatic carbocycles. The summed E-state index contributed by atoms with van der Waals surface area (Å²) in [4.78, 5) is 0. The van der Waals surface area contributed by atoms with E-state index in [1.807, 2.05) is 0 Å². The highest BCUT2D eigenvalue weighted by Crippen LogP contribution is 2.13. The lowest BCUT2D eigenvalue weighted by Gasteiger charge is -2.01. The number of para-hydroxylation sites is 1. The number of benzene rings is 1. The fourth-order valence-electron chi connectivity index (χ4n) is 2.11. The summed E-state index contributed by atoms with van der Waals surface area (Å²) in [6.45, 7) is 2.26. The Bertz CT molecular complexity index is 428. The molecule has 1 nitrogen and oxygen atoms in total. The van der Waals surface area contributed by atoms with Crippen molar-refractivity contribution in [1.29, 1.82) is 0 Å². The molecule has 1 heteroatoms. The molecule has 2 aromatic rings. The van der Waals surface area contributed by atoms with Gasteiger partial charge in [0.15, 0.2) is 0 Å². The van der Waals surface area contributed by atoms with Gasteiger partial charge in [0.1, 0.15) is 0 Å². The van der Waals surface area contributed by atoms with Gasteiger partial charge in [-0.05, 0) is 36.6 Å². The lowest BCUT2D eigenvalue weighted by Crippen LogP contribution is -1.89. The maximum atomic E-state index is 2.26.